The van der Waals surface area contributed by atoms with Crippen LogP contribution in [0.2, 0.25) is 0 Å². The average Bonchev–Trinajstić information content (AvgIpc) is 3.10. The van der Waals surface area contributed by atoms with Crippen molar-refractivity contribution in [3.8, 4) is 5.75 Å². The number of nitrogens with zero attached hydrogens (tertiary/aromatic N) is 5. The second-order valence-electron chi connectivity index (χ2n) is 6.51. The highest BCUT2D eigenvalue weighted by Crippen LogP contribution is 2.25. The maximum absolute atomic E-state index is 5.98. The van der Waals surface area contributed by atoms with Crippen molar-refractivity contribution in [3.05, 3.63) is 41.2 Å². The first-order valence-electron chi connectivity index (χ1n) is 8.95. The lowest BCUT2D eigenvalue weighted by molar-refractivity contribution is 0.224. The lowest BCUT2D eigenvalue weighted by Gasteiger charge is -2.17. The predicted molar refractivity (Wildman–Crippen MR) is 97.9 cm³/mol. The first-order valence-corrected chi connectivity index (χ1v) is 9.76. The molecule has 0 saturated carbocycles. The summed E-state index contributed by atoms with van der Waals surface area (Å²) in [5.74, 6) is 1.78. The molecule has 0 aliphatic carbocycles. The molecule has 132 valence electrons. The van der Waals surface area contributed by atoms with Crippen LogP contribution in [0.4, 0.5) is 0 Å². The second kappa shape index (κ2) is 7.49. The molecule has 25 heavy (non-hydrogen) atoms. The summed E-state index contributed by atoms with van der Waals surface area (Å²) < 4.78 is 7.87. The van der Waals surface area contributed by atoms with Crippen LogP contribution in [-0.2, 0) is 6.54 Å². The van der Waals surface area contributed by atoms with E-state index in [9.17, 15) is 0 Å². The summed E-state index contributed by atoms with van der Waals surface area (Å²) in [6.45, 7) is 5.12. The summed E-state index contributed by atoms with van der Waals surface area (Å²) in [5, 5.41) is 14.3. The van der Waals surface area contributed by atoms with Crippen molar-refractivity contribution in [2.24, 2.45) is 0 Å². The second-order valence-corrected chi connectivity index (χ2v) is 7.50. The van der Waals surface area contributed by atoms with Crippen LogP contribution in [0.1, 0.15) is 49.5 Å². The summed E-state index contributed by atoms with van der Waals surface area (Å²) in [6, 6.07) is 9.85. The standard InChI is InChI=1S/C18H23N5OS/c1-14(24-15-9-5-4-6-10-15)17-21-23-16(19-20-18(23)25-17)13-22-11-7-2-3-8-12-22/h4-6,9-10,14H,2-3,7-8,11-13H2,1H3/t14-/m1/s1. The third-order valence-corrected chi connectivity index (χ3v) is 5.60. The highest BCUT2D eigenvalue weighted by Gasteiger charge is 2.19. The van der Waals surface area contributed by atoms with E-state index < -0.39 is 0 Å². The first-order chi connectivity index (χ1) is 12.3. The minimum atomic E-state index is -0.111. The Kier molecular flexibility index (Phi) is 4.94. The first kappa shape index (κ1) is 16.5. The molecule has 1 atom stereocenters. The van der Waals surface area contributed by atoms with Crippen LogP contribution in [-0.4, -0.2) is 37.8 Å². The van der Waals surface area contributed by atoms with Gasteiger partial charge in [0.2, 0.25) is 4.96 Å². The van der Waals surface area contributed by atoms with E-state index in [-0.39, 0.29) is 6.10 Å². The zero-order valence-electron chi connectivity index (χ0n) is 14.5. The van der Waals surface area contributed by atoms with Crippen LogP contribution in [0.25, 0.3) is 4.96 Å². The van der Waals surface area contributed by atoms with Gasteiger partial charge in [-0.25, -0.2) is 0 Å². The Hall–Kier alpha value is -1.99. The zero-order chi connectivity index (χ0) is 17.1. The maximum atomic E-state index is 5.98. The molecule has 0 amide bonds. The monoisotopic (exact) mass is 357 g/mol. The van der Waals surface area contributed by atoms with Crippen LogP contribution in [0, 0.1) is 0 Å². The summed E-state index contributed by atoms with van der Waals surface area (Å²) in [4.78, 5) is 3.30. The van der Waals surface area contributed by atoms with Crippen molar-refractivity contribution in [2.75, 3.05) is 13.1 Å². The number of hydrogen-bond acceptors (Lipinski definition) is 6. The molecule has 1 aliphatic rings. The number of likely N-dealkylation sites (tertiary alicyclic amines) is 1. The van der Waals surface area contributed by atoms with E-state index in [1.54, 1.807) is 11.3 Å². The molecule has 0 spiro atoms. The van der Waals surface area contributed by atoms with Gasteiger partial charge in [-0.1, -0.05) is 42.4 Å². The third-order valence-electron chi connectivity index (χ3n) is 4.54. The van der Waals surface area contributed by atoms with E-state index in [1.165, 1.54) is 25.7 Å². The Balaban J connectivity index is 1.49. The molecule has 0 unspecified atom stereocenters. The third kappa shape index (κ3) is 3.82. The highest BCUT2D eigenvalue weighted by atomic mass is 32.1. The molecule has 1 aliphatic heterocycles. The summed E-state index contributed by atoms with van der Waals surface area (Å²) in [5.41, 5.74) is 0. The van der Waals surface area contributed by atoms with Gasteiger partial charge in [-0.15, -0.1) is 10.2 Å². The SMILES string of the molecule is C[C@@H](Oc1ccccc1)c1nn2c(CN3CCCCCC3)nnc2s1. The zero-order valence-corrected chi connectivity index (χ0v) is 15.3. The van der Waals surface area contributed by atoms with Crippen molar-refractivity contribution >= 4 is 16.3 Å². The van der Waals surface area contributed by atoms with E-state index in [1.807, 2.05) is 41.8 Å². The molecule has 6 nitrogen and oxygen atoms in total. The molecule has 7 heteroatoms. The minimum Gasteiger partial charge on any atom is -0.483 e. The van der Waals surface area contributed by atoms with Crippen molar-refractivity contribution in [3.63, 3.8) is 0 Å². The summed E-state index contributed by atoms with van der Waals surface area (Å²) in [7, 11) is 0. The molecule has 1 fully saturated rings. The van der Waals surface area contributed by atoms with Gasteiger partial charge in [-0.3, -0.25) is 4.90 Å². The molecule has 0 N–H and O–H groups in total. The molecule has 4 rings (SSSR count). The lowest BCUT2D eigenvalue weighted by atomic mass is 10.2. The van der Waals surface area contributed by atoms with E-state index in [4.69, 9.17) is 9.84 Å². The Morgan fingerprint density at radius 1 is 1.08 bits per heavy atom. The predicted octanol–water partition coefficient (Wildman–Crippen LogP) is 3.70. The largest absolute Gasteiger partial charge is 0.483 e. The Labute approximate surface area is 151 Å². The fourth-order valence-corrected chi connectivity index (χ4v) is 4.02. The minimum absolute atomic E-state index is 0.111. The van der Waals surface area contributed by atoms with Gasteiger partial charge < -0.3 is 4.74 Å². The van der Waals surface area contributed by atoms with Crippen LogP contribution in [0.3, 0.4) is 0 Å². The smallest absolute Gasteiger partial charge is 0.234 e. The molecule has 3 aromatic rings. The van der Waals surface area contributed by atoms with Crippen molar-refractivity contribution < 1.29 is 4.74 Å². The van der Waals surface area contributed by atoms with Crippen LogP contribution in [0.15, 0.2) is 30.3 Å². The number of fused-ring (bicyclic) bond motifs is 1. The lowest BCUT2D eigenvalue weighted by Crippen LogP contribution is -2.25. The number of rotatable bonds is 5. The van der Waals surface area contributed by atoms with Gasteiger partial charge >= 0.3 is 0 Å². The quantitative estimate of drug-likeness (QED) is 0.697. The Morgan fingerprint density at radius 3 is 2.60 bits per heavy atom. The van der Waals surface area contributed by atoms with E-state index in [0.717, 1.165) is 41.2 Å². The summed E-state index contributed by atoms with van der Waals surface area (Å²) >= 11 is 1.55. The fraction of sp³-hybridized carbons (Fsp3) is 0.500. The van der Waals surface area contributed by atoms with Crippen molar-refractivity contribution in [2.45, 2.75) is 45.3 Å². The molecule has 0 radical (unpaired) electrons. The number of hydrogen-bond donors (Lipinski definition) is 0. The molecular weight excluding hydrogens is 334 g/mol. The Bertz CT molecular complexity index is 807. The molecular formula is C18H23N5OS. The average molecular weight is 357 g/mol. The topological polar surface area (TPSA) is 55.6 Å². The van der Waals surface area contributed by atoms with Gasteiger partial charge in [0.1, 0.15) is 11.9 Å². The van der Waals surface area contributed by atoms with Gasteiger partial charge in [-0.05, 0) is 45.0 Å². The van der Waals surface area contributed by atoms with E-state index >= 15 is 0 Å². The van der Waals surface area contributed by atoms with Crippen LogP contribution in [0.5, 0.6) is 5.75 Å². The normalized spacial score (nSPS) is 17.5. The van der Waals surface area contributed by atoms with Gasteiger partial charge in [-0.2, -0.15) is 9.61 Å². The van der Waals surface area contributed by atoms with Gasteiger partial charge in [0.15, 0.2) is 10.8 Å². The van der Waals surface area contributed by atoms with Crippen molar-refractivity contribution in [1.82, 2.24) is 24.7 Å². The number of benzene rings is 1. The van der Waals surface area contributed by atoms with Crippen molar-refractivity contribution in [1.29, 1.82) is 0 Å². The molecule has 0 bridgehead atoms. The van der Waals surface area contributed by atoms with Crippen LogP contribution < -0.4 is 4.74 Å². The Morgan fingerprint density at radius 2 is 1.84 bits per heavy atom. The molecule has 2 aromatic heterocycles. The fourth-order valence-electron chi connectivity index (χ4n) is 3.18. The van der Waals surface area contributed by atoms with Gasteiger partial charge in [0, 0.05) is 0 Å². The number of aromatic nitrogens is 4. The van der Waals surface area contributed by atoms with Crippen LogP contribution >= 0.6 is 11.3 Å². The molecule has 1 aromatic carbocycles. The van der Waals surface area contributed by atoms with Gasteiger partial charge in [0.05, 0.1) is 6.54 Å². The number of para-hydroxylation sites is 1. The molecule has 1 saturated heterocycles. The van der Waals surface area contributed by atoms with E-state index in [2.05, 4.69) is 15.1 Å². The number of ether oxygens (including phenoxy) is 1. The maximum Gasteiger partial charge on any atom is 0.234 e. The van der Waals surface area contributed by atoms with Gasteiger partial charge in [0.25, 0.3) is 0 Å². The summed E-state index contributed by atoms with van der Waals surface area (Å²) in [6.07, 6.45) is 5.10. The highest BCUT2D eigenvalue weighted by molar-refractivity contribution is 7.16. The molecule has 3 heterocycles. The van der Waals surface area contributed by atoms with E-state index in [0.29, 0.717) is 0 Å².